The molecule has 0 spiro atoms. The Labute approximate surface area is 206 Å². The molecule has 10 heteroatoms. The number of para-hydroxylation sites is 2. The molecule has 0 atom stereocenters. The highest BCUT2D eigenvalue weighted by molar-refractivity contribution is 8.29. The van der Waals surface area contributed by atoms with Crippen LogP contribution < -0.4 is 4.90 Å². The predicted octanol–water partition coefficient (Wildman–Crippen LogP) is 5.81. The van der Waals surface area contributed by atoms with Crippen LogP contribution in [0.25, 0.3) is 0 Å². The molecule has 0 radical (unpaired) electrons. The average Bonchev–Trinajstić information content (AvgIpc) is 3.16. The SMILES string of the molecule is CN(C)C(=S)/N=C1\SC(=Nc2ccccc2)C(=Nc2ccccc2)N1c1ccc([N+](=O)[O-])cc1. The maximum atomic E-state index is 11.2. The van der Waals surface area contributed by atoms with Crippen molar-refractivity contribution in [3.63, 3.8) is 0 Å². The van der Waals surface area contributed by atoms with Crippen LogP contribution in [0.3, 0.4) is 0 Å². The summed E-state index contributed by atoms with van der Waals surface area (Å²) in [5.74, 6) is 0.550. The van der Waals surface area contributed by atoms with Gasteiger partial charge in [0.2, 0.25) is 0 Å². The van der Waals surface area contributed by atoms with Gasteiger partial charge in [0, 0.05) is 26.2 Å². The third-order valence-corrected chi connectivity index (χ3v) is 6.03. The lowest BCUT2D eigenvalue weighted by molar-refractivity contribution is -0.384. The highest BCUT2D eigenvalue weighted by Crippen LogP contribution is 2.34. The lowest BCUT2D eigenvalue weighted by Gasteiger charge is -2.19. The van der Waals surface area contributed by atoms with Gasteiger partial charge in [-0.3, -0.25) is 15.0 Å². The van der Waals surface area contributed by atoms with Crippen LogP contribution in [-0.4, -0.2) is 45.1 Å². The third kappa shape index (κ3) is 5.36. The highest BCUT2D eigenvalue weighted by atomic mass is 32.2. The van der Waals surface area contributed by atoms with Crippen molar-refractivity contribution in [3.05, 3.63) is 95.0 Å². The van der Waals surface area contributed by atoms with Crippen molar-refractivity contribution in [2.24, 2.45) is 15.0 Å². The van der Waals surface area contributed by atoms with E-state index in [0.717, 1.165) is 11.4 Å². The van der Waals surface area contributed by atoms with E-state index in [4.69, 9.17) is 22.2 Å². The third-order valence-electron chi connectivity index (χ3n) is 4.65. The molecule has 1 heterocycles. The molecule has 0 bridgehead atoms. The molecule has 1 saturated heterocycles. The number of hydrogen-bond donors (Lipinski definition) is 0. The number of thioether (sulfide) groups is 1. The molecule has 34 heavy (non-hydrogen) atoms. The molecule has 3 aromatic carbocycles. The molecule has 0 aromatic heterocycles. The fourth-order valence-corrected chi connectivity index (χ4v) is 4.10. The summed E-state index contributed by atoms with van der Waals surface area (Å²) in [6.07, 6.45) is 0. The Morgan fingerprint density at radius 1 is 0.912 bits per heavy atom. The first kappa shape index (κ1) is 23.3. The van der Waals surface area contributed by atoms with Gasteiger partial charge in [0.1, 0.15) is 5.04 Å². The molecule has 1 aliphatic rings. The summed E-state index contributed by atoms with van der Waals surface area (Å²) < 4.78 is 0. The van der Waals surface area contributed by atoms with Gasteiger partial charge in [-0.1, -0.05) is 36.4 Å². The second-order valence-electron chi connectivity index (χ2n) is 7.31. The lowest BCUT2D eigenvalue weighted by Crippen LogP contribution is -2.32. The van der Waals surface area contributed by atoms with Crippen LogP contribution in [0.15, 0.2) is 99.9 Å². The van der Waals surface area contributed by atoms with Gasteiger partial charge < -0.3 is 4.90 Å². The van der Waals surface area contributed by atoms with Crippen molar-refractivity contribution < 1.29 is 4.92 Å². The zero-order valence-electron chi connectivity index (χ0n) is 18.4. The Kier molecular flexibility index (Phi) is 7.09. The first-order valence-electron chi connectivity index (χ1n) is 10.2. The number of thiocarbonyl (C=S) groups is 1. The number of nitrogens with zero attached hydrogens (tertiary/aromatic N) is 6. The number of non-ortho nitro benzene ring substituents is 1. The number of nitro groups is 1. The van der Waals surface area contributed by atoms with E-state index in [0.29, 0.717) is 26.8 Å². The maximum absolute atomic E-state index is 11.2. The Morgan fingerprint density at radius 3 is 2.00 bits per heavy atom. The van der Waals surface area contributed by atoms with E-state index in [-0.39, 0.29) is 5.69 Å². The molecule has 1 aliphatic heterocycles. The molecule has 8 nitrogen and oxygen atoms in total. The topological polar surface area (TPSA) is 86.7 Å². The molecule has 1 fully saturated rings. The summed E-state index contributed by atoms with van der Waals surface area (Å²) in [6.45, 7) is 0. The van der Waals surface area contributed by atoms with E-state index >= 15 is 0 Å². The van der Waals surface area contributed by atoms with Crippen LogP contribution in [-0.2, 0) is 0 Å². The number of rotatable bonds is 4. The molecule has 0 amide bonds. The number of hydrogen-bond acceptors (Lipinski definition) is 6. The minimum atomic E-state index is -0.431. The summed E-state index contributed by atoms with van der Waals surface area (Å²) in [5, 5.41) is 12.7. The first-order chi connectivity index (χ1) is 16.4. The van der Waals surface area contributed by atoms with Crippen molar-refractivity contribution in [1.29, 1.82) is 0 Å². The van der Waals surface area contributed by atoms with Crippen LogP contribution in [0.5, 0.6) is 0 Å². The van der Waals surface area contributed by atoms with Gasteiger partial charge in [-0.05, 0) is 60.4 Å². The molecular formula is C24H20N6O2S2. The Balaban J connectivity index is 1.90. The van der Waals surface area contributed by atoms with Crippen molar-refractivity contribution in [1.82, 2.24) is 4.90 Å². The van der Waals surface area contributed by atoms with Crippen LogP contribution >= 0.6 is 24.0 Å². The van der Waals surface area contributed by atoms with Gasteiger partial charge in [-0.2, -0.15) is 4.99 Å². The molecule has 0 N–H and O–H groups in total. The molecule has 3 aromatic rings. The van der Waals surface area contributed by atoms with E-state index in [2.05, 4.69) is 4.99 Å². The van der Waals surface area contributed by atoms with Crippen molar-refractivity contribution >= 4 is 67.9 Å². The molecule has 0 saturated carbocycles. The average molecular weight is 489 g/mol. The van der Waals surface area contributed by atoms with Gasteiger partial charge in [0.05, 0.1) is 22.0 Å². The summed E-state index contributed by atoms with van der Waals surface area (Å²) in [7, 11) is 3.64. The first-order valence-corrected chi connectivity index (χ1v) is 11.4. The zero-order chi connectivity index (χ0) is 24.1. The number of amidine groups is 2. The summed E-state index contributed by atoms with van der Waals surface area (Å²) in [6, 6.07) is 25.3. The van der Waals surface area contributed by atoms with Gasteiger partial charge in [-0.25, -0.2) is 9.98 Å². The minimum absolute atomic E-state index is 0.00220. The number of aliphatic imine (C=N–C) groups is 3. The van der Waals surface area contributed by atoms with E-state index < -0.39 is 4.92 Å². The fraction of sp³-hybridized carbons (Fsp3) is 0.0833. The molecule has 0 unspecified atom stereocenters. The lowest BCUT2D eigenvalue weighted by atomic mass is 10.2. The molecule has 4 rings (SSSR count). The highest BCUT2D eigenvalue weighted by Gasteiger charge is 2.35. The molecular weight excluding hydrogens is 468 g/mol. The van der Waals surface area contributed by atoms with Gasteiger partial charge in [0.15, 0.2) is 16.1 Å². The van der Waals surface area contributed by atoms with Crippen LogP contribution in [0.4, 0.5) is 22.7 Å². The smallest absolute Gasteiger partial charge is 0.269 e. The monoisotopic (exact) mass is 488 g/mol. The van der Waals surface area contributed by atoms with Gasteiger partial charge in [-0.15, -0.1) is 0 Å². The largest absolute Gasteiger partial charge is 0.354 e. The van der Waals surface area contributed by atoms with Crippen molar-refractivity contribution in [3.8, 4) is 0 Å². The second kappa shape index (κ2) is 10.4. The summed E-state index contributed by atoms with van der Waals surface area (Å²) in [5.41, 5.74) is 2.16. The van der Waals surface area contributed by atoms with Crippen molar-refractivity contribution in [2.75, 3.05) is 19.0 Å². The second-order valence-corrected chi connectivity index (χ2v) is 8.63. The van der Waals surface area contributed by atoms with Gasteiger partial charge >= 0.3 is 0 Å². The van der Waals surface area contributed by atoms with Crippen LogP contribution in [0.1, 0.15) is 0 Å². The summed E-state index contributed by atoms with van der Waals surface area (Å²) >= 11 is 6.78. The minimum Gasteiger partial charge on any atom is -0.354 e. The van der Waals surface area contributed by atoms with E-state index in [1.54, 1.807) is 17.0 Å². The number of anilines is 1. The Hall–Kier alpha value is -3.89. The zero-order valence-corrected chi connectivity index (χ0v) is 20.0. The maximum Gasteiger partial charge on any atom is 0.269 e. The van der Waals surface area contributed by atoms with Crippen LogP contribution in [0.2, 0.25) is 0 Å². The Morgan fingerprint density at radius 2 is 1.47 bits per heavy atom. The number of nitro benzene ring substituents is 1. The van der Waals surface area contributed by atoms with E-state index in [1.807, 2.05) is 79.7 Å². The molecule has 0 aliphatic carbocycles. The van der Waals surface area contributed by atoms with E-state index in [1.165, 1.54) is 23.9 Å². The van der Waals surface area contributed by atoms with E-state index in [9.17, 15) is 10.1 Å². The Bertz CT molecular complexity index is 1290. The van der Waals surface area contributed by atoms with Crippen LogP contribution in [0, 0.1) is 10.1 Å². The van der Waals surface area contributed by atoms with Gasteiger partial charge in [0.25, 0.3) is 5.69 Å². The molecule has 170 valence electrons. The van der Waals surface area contributed by atoms with Crippen molar-refractivity contribution in [2.45, 2.75) is 0 Å². The fourth-order valence-electron chi connectivity index (χ4n) is 2.99. The predicted molar refractivity (Wildman–Crippen MR) is 144 cm³/mol. The standard InChI is InChI=1S/C24H20N6O2S2/c1-28(2)23(33)27-24-29(19-13-15-20(16-14-19)30(31)32)21(25-17-9-5-3-6-10-17)22(34-24)26-18-11-7-4-8-12-18/h3-16H,1-2H3/b25-21?,26-22?,27-24-. The number of benzene rings is 3. The normalized spacial score (nSPS) is 16.9. The summed E-state index contributed by atoms with van der Waals surface area (Å²) in [4.78, 5) is 28.6. The quantitative estimate of drug-likeness (QED) is 0.262.